The molecule has 0 saturated heterocycles. The number of unbranched alkanes of at least 4 members (excludes halogenated alkanes) is 10. The molecule has 2 rings (SSSR count). The van der Waals surface area contributed by atoms with Crippen LogP contribution in [0.3, 0.4) is 0 Å². The summed E-state index contributed by atoms with van der Waals surface area (Å²) in [7, 11) is -4.24. The monoisotopic (exact) mass is 558 g/mol. The third-order valence-corrected chi connectivity index (χ3v) is 6.81. The van der Waals surface area contributed by atoms with Gasteiger partial charge < -0.3 is 9.05 Å². The van der Waals surface area contributed by atoms with Crippen LogP contribution in [0, 0.1) is 0 Å². The number of hydrogen-bond acceptors (Lipinski definition) is 3. The molecule has 0 aromatic heterocycles. The number of phosphoric ester groups is 1. The Morgan fingerprint density at radius 2 is 0.886 bits per heavy atom. The second kappa shape index (κ2) is 21.7. The van der Waals surface area contributed by atoms with Gasteiger partial charge in [-0.1, -0.05) is 102 Å². The molecule has 2 aromatic carbocycles. The van der Waals surface area contributed by atoms with Crippen LogP contribution >= 0.6 is 7.82 Å². The molecular formula is C28H47Ca2O4P. The van der Waals surface area contributed by atoms with E-state index in [1.165, 1.54) is 88.2 Å². The summed E-state index contributed by atoms with van der Waals surface area (Å²) in [5, 5.41) is 0. The average Bonchev–Trinajstić information content (AvgIpc) is 2.80. The van der Waals surface area contributed by atoms with Crippen molar-refractivity contribution in [2.45, 2.75) is 104 Å². The van der Waals surface area contributed by atoms with Gasteiger partial charge in [0.2, 0.25) is 0 Å². The zero-order chi connectivity index (χ0) is 23.8. The van der Waals surface area contributed by atoms with E-state index in [9.17, 15) is 9.46 Å². The van der Waals surface area contributed by atoms with Gasteiger partial charge in [-0.15, -0.1) is 0 Å². The van der Waals surface area contributed by atoms with Crippen molar-refractivity contribution in [3.8, 4) is 11.5 Å². The minimum absolute atomic E-state index is 0. The van der Waals surface area contributed by atoms with E-state index in [-0.39, 0.29) is 75.5 Å². The predicted molar refractivity (Wildman–Crippen MR) is 155 cm³/mol. The summed E-state index contributed by atoms with van der Waals surface area (Å²) in [5.41, 5.74) is 2.43. The molecular weight excluding hydrogens is 511 g/mol. The van der Waals surface area contributed by atoms with E-state index in [2.05, 4.69) is 13.8 Å². The van der Waals surface area contributed by atoms with Crippen LogP contribution in [0.5, 0.6) is 11.5 Å². The zero-order valence-corrected chi connectivity index (χ0v) is 21.5. The Labute approximate surface area is 273 Å². The van der Waals surface area contributed by atoms with Gasteiger partial charge in [-0.3, -0.25) is 4.89 Å². The van der Waals surface area contributed by atoms with Crippen molar-refractivity contribution in [1.82, 2.24) is 0 Å². The molecule has 0 fully saturated rings. The van der Waals surface area contributed by atoms with Gasteiger partial charge in [0, 0.05) is 0 Å². The first-order valence-corrected chi connectivity index (χ1v) is 14.4. The molecule has 1 N–H and O–H groups in total. The molecule has 0 amide bonds. The van der Waals surface area contributed by atoms with E-state index in [0.29, 0.717) is 11.5 Å². The van der Waals surface area contributed by atoms with Crippen LogP contribution in [0.4, 0.5) is 0 Å². The second-order valence-corrected chi connectivity index (χ2v) is 10.3. The predicted octanol–water partition coefficient (Wildman–Crippen LogP) is 7.22. The van der Waals surface area contributed by atoms with Gasteiger partial charge in [-0.2, -0.15) is 0 Å². The number of aryl methyl sites for hydroxylation is 2. The maximum atomic E-state index is 12.4. The molecule has 0 aliphatic rings. The molecule has 0 bridgehead atoms. The quantitative estimate of drug-likeness (QED) is 0.119. The maximum absolute atomic E-state index is 12.4. The van der Waals surface area contributed by atoms with Crippen molar-refractivity contribution in [3.63, 3.8) is 0 Å². The number of hydrogen-bond donors (Lipinski definition) is 1. The molecule has 0 saturated carbocycles. The van der Waals surface area contributed by atoms with E-state index in [1.807, 2.05) is 24.3 Å². The molecule has 0 heterocycles. The van der Waals surface area contributed by atoms with Crippen LogP contribution in [-0.4, -0.2) is 80.4 Å². The van der Waals surface area contributed by atoms with Crippen LogP contribution in [0.15, 0.2) is 48.5 Å². The minimum atomic E-state index is -4.24. The summed E-state index contributed by atoms with van der Waals surface area (Å²) in [5.74, 6) is 0.680. The molecule has 0 aliphatic carbocycles. The summed E-state index contributed by atoms with van der Waals surface area (Å²) in [6.45, 7) is 4.46. The van der Waals surface area contributed by atoms with Gasteiger partial charge in [0.05, 0.1) is 0 Å². The summed E-state index contributed by atoms with van der Waals surface area (Å²) in [6.07, 6.45) is 17.3. The molecule has 0 spiro atoms. The molecule has 0 radical (unpaired) electrons. The van der Waals surface area contributed by atoms with E-state index >= 15 is 0 Å². The first-order valence-electron chi connectivity index (χ1n) is 12.9. The normalized spacial score (nSPS) is 10.8. The van der Waals surface area contributed by atoms with Crippen molar-refractivity contribution in [2.75, 3.05) is 0 Å². The molecule has 0 aliphatic heterocycles. The summed E-state index contributed by atoms with van der Waals surface area (Å²) >= 11 is 0. The van der Waals surface area contributed by atoms with E-state index in [1.54, 1.807) is 24.3 Å². The van der Waals surface area contributed by atoms with Gasteiger partial charge in [-0.05, 0) is 61.1 Å². The summed E-state index contributed by atoms with van der Waals surface area (Å²) < 4.78 is 23.0. The fourth-order valence-electron chi connectivity index (χ4n) is 3.94. The number of rotatable bonds is 18. The van der Waals surface area contributed by atoms with Gasteiger partial charge >= 0.3 is 83.3 Å². The van der Waals surface area contributed by atoms with E-state index in [4.69, 9.17) is 9.05 Å². The van der Waals surface area contributed by atoms with E-state index < -0.39 is 7.82 Å². The Bertz CT molecular complexity index is 747. The Morgan fingerprint density at radius 1 is 0.571 bits per heavy atom. The first kappa shape index (κ1) is 35.7. The van der Waals surface area contributed by atoms with Gasteiger partial charge in [0.15, 0.2) is 0 Å². The molecule has 0 atom stereocenters. The van der Waals surface area contributed by atoms with Gasteiger partial charge in [0.25, 0.3) is 0 Å². The molecule has 4 nitrogen and oxygen atoms in total. The van der Waals surface area contributed by atoms with Crippen LogP contribution in [0.1, 0.15) is 102 Å². The third-order valence-electron chi connectivity index (χ3n) is 5.93. The van der Waals surface area contributed by atoms with Gasteiger partial charge in [0.1, 0.15) is 11.5 Å². The van der Waals surface area contributed by atoms with Gasteiger partial charge in [-0.25, -0.2) is 4.57 Å². The molecule has 7 heteroatoms. The fraction of sp³-hybridized carbons (Fsp3) is 0.571. The van der Waals surface area contributed by atoms with Crippen molar-refractivity contribution < 1.29 is 18.5 Å². The summed E-state index contributed by atoms with van der Waals surface area (Å²) in [4.78, 5) is 10.2. The topological polar surface area (TPSA) is 55.8 Å². The van der Waals surface area contributed by atoms with Crippen LogP contribution in [0.2, 0.25) is 0 Å². The third kappa shape index (κ3) is 17.1. The molecule has 35 heavy (non-hydrogen) atoms. The van der Waals surface area contributed by atoms with E-state index in [0.717, 1.165) is 12.8 Å². The van der Waals surface area contributed by atoms with Crippen molar-refractivity contribution in [2.24, 2.45) is 0 Å². The van der Waals surface area contributed by atoms with Crippen LogP contribution in [-0.2, 0) is 17.4 Å². The average molecular weight is 559 g/mol. The SMILES string of the molecule is CCCCCCCCc1ccc(OP(=O)(O)Oc2ccc(CCCCCCCC)cc2)cc1.[CaH2].[CaH2]. The first-order chi connectivity index (χ1) is 16.0. The van der Waals surface area contributed by atoms with Crippen molar-refractivity contribution in [1.29, 1.82) is 0 Å². The molecule has 0 unspecified atom stereocenters. The Morgan fingerprint density at radius 3 is 1.23 bits per heavy atom. The number of benzene rings is 2. The van der Waals surface area contributed by atoms with Crippen molar-refractivity contribution in [3.05, 3.63) is 59.7 Å². The Hall–Kier alpha value is 0.749. The molecule has 192 valence electrons. The summed E-state index contributed by atoms with van der Waals surface area (Å²) in [6, 6.07) is 14.8. The Balaban J connectivity index is 0.00000578. The number of phosphoric acid groups is 1. The second-order valence-electron chi connectivity index (χ2n) is 8.97. The van der Waals surface area contributed by atoms with Crippen LogP contribution in [0.25, 0.3) is 0 Å². The Kier molecular flexibility index (Phi) is 22.1. The standard InChI is InChI=1S/C28H43O4P.2Ca.4H/c1-3-5-7-9-11-13-15-25-17-21-27(22-18-25)31-33(29,30)32-28-23-19-26(20-24-28)16-14-12-10-8-6-4-2;;;;;;/h17-24H,3-16H2,1-2H3,(H,29,30);;;;;;. The fourth-order valence-corrected chi connectivity index (χ4v) is 4.75. The van der Waals surface area contributed by atoms with Crippen LogP contribution < -0.4 is 9.05 Å². The zero-order valence-electron chi connectivity index (χ0n) is 20.6. The molecule has 2 aromatic rings. The van der Waals surface area contributed by atoms with Crippen molar-refractivity contribution >= 4 is 83.3 Å².